The molecule has 0 aromatic heterocycles. The molecule has 0 amide bonds. The molecular weight excluding hydrogens is 205 g/mol. The maximum absolute atomic E-state index is 7.76. The van der Waals surface area contributed by atoms with Gasteiger partial charge in [-0.05, 0) is 5.53 Å². The van der Waals surface area contributed by atoms with E-state index in [9.17, 15) is 0 Å². The second-order valence-corrected chi connectivity index (χ2v) is 1.65. The van der Waals surface area contributed by atoms with E-state index in [-0.39, 0.29) is 0 Å². The molecule has 38 valence electrons. The molecule has 0 radical (unpaired) electrons. The van der Waals surface area contributed by atoms with E-state index < -0.39 is 0 Å². The molecule has 0 aromatic rings. The molecule has 0 aliphatic rings. The van der Waals surface area contributed by atoms with Crippen molar-refractivity contribution in [2.24, 2.45) is 5.11 Å². The molecular formula is C3H4IN3. The van der Waals surface area contributed by atoms with E-state index in [4.69, 9.17) is 5.53 Å². The van der Waals surface area contributed by atoms with Crippen LogP contribution in [-0.2, 0) is 0 Å². The van der Waals surface area contributed by atoms with Gasteiger partial charge < -0.3 is 0 Å². The summed E-state index contributed by atoms with van der Waals surface area (Å²) in [5.74, 6) is 0. The first kappa shape index (κ1) is 6.78. The van der Waals surface area contributed by atoms with Crippen LogP contribution in [0.5, 0.6) is 0 Å². The molecule has 0 bridgehead atoms. The molecule has 0 fully saturated rings. The summed E-state index contributed by atoms with van der Waals surface area (Å²) >= 11 is 2.07. The molecule has 0 atom stereocenters. The van der Waals surface area contributed by atoms with Crippen LogP contribution in [0.4, 0.5) is 0 Å². The largest absolute Gasteiger partial charge is 0.0928 e. The smallest absolute Gasteiger partial charge is 0.0266 e. The predicted molar refractivity (Wildman–Crippen MR) is 37.2 cm³/mol. The maximum Gasteiger partial charge on any atom is 0.0266 e. The molecule has 4 heteroatoms. The molecule has 0 aliphatic carbocycles. The third-order valence-corrected chi connectivity index (χ3v) is 1.22. The van der Waals surface area contributed by atoms with Gasteiger partial charge in [-0.2, -0.15) is 0 Å². The van der Waals surface area contributed by atoms with Gasteiger partial charge in [0.15, 0.2) is 0 Å². The van der Waals surface area contributed by atoms with Crippen LogP contribution in [0.15, 0.2) is 17.4 Å². The number of azide groups is 1. The van der Waals surface area contributed by atoms with Crippen molar-refractivity contribution < 1.29 is 0 Å². The van der Waals surface area contributed by atoms with Crippen LogP contribution in [0.1, 0.15) is 0 Å². The van der Waals surface area contributed by atoms with Gasteiger partial charge >= 0.3 is 0 Å². The minimum Gasteiger partial charge on any atom is -0.0928 e. The summed E-state index contributed by atoms with van der Waals surface area (Å²) in [7, 11) is 0. The average Bonchev–Trinajstić information content (AvgIpc) is 1.68. The molecule has 0 rings (SSSR count). The summed E-state index contributed by atoms with van der Waals surface area (Å²) in [6, 6.07) is 0. The van der Waals surface area contributed by atoms with E-state index in [1.807, 2.05) is 0 Å². The van der Waals surface area contributed by atoms with Crippen molar-refractivity contribution >= 4 is 22.6 Å². The van der Waals surface area contributed by atoms with Crippen LogP contribution in [0, 0.1) is 0 Å². The molecule has 0 aromatic carbocycles. The highest BCUT2D eigenvalue weighted by Gasteiger charge is 1.78. The summed E-state index contributed by atoms with van der Waals surface area (Å²) < 4.78 is 0.696. The average molecular weight is 209 g/mol. The van der Waals surface area contributed by atoms with E-state index in [2.05, 4.69) is 39.2 Å². The van der Waals surface area contributed by atoms with Gasteiger partial charge in [0, 0.05) is 15.0 Å². The standard InChI is InChI=1S/C3H4IN3/c1-3(2-4)6-7-5/h1-2H2. The molecule has 0 saturated heterocycles. The summed E-state index contributed by atoms with van der Waals surface area (Å²) in [5, 5.41) is 3.22. The van der Waals surface area contributed by atoms with Crippen molar-refractivity contribution in [2.75, 3.05) is 4.43 Å². The van der Waals surface area contributed by atoms with Gasteiger partial charge in [-0.25, -0.2) is 0 Å². The Morgan fingerprint density at radius 3 is 2.71 bits per heavy atom. The second kappa shape index (κ2) is 3.95. The van der Waals surface area contributed by atoms with E-state index in [1.54, 1.807) is 0 Å². The SMILES string of the molecule is C=C(CI)N=[N+]=[N-]. The van der Waals surface area contributed by atoms with Gasteiger partial charge in [-0.1, -0.05) is 34.3 Å². The van der Waals surface area contributed by atoms with Crippen molar-refractivity contribution in [1.82, 2.24) is 0 Å². The Kier molecular flexibility index (Phi) is 3.83. The van der Waals surface area contributed by atoms with Crippen molar-refractivity contribution in [3.8, 4) is 0 Å². The molecule has 0 aliphatic heterocycles. The quantitative estimate of drug-likeness (QED) is 0.220. The third kappa shape index (κ3) is 3.61. The van der Waals surface area contributed by atoms with Gasteiger partial charge in [0.05, 0.1) is 0 Å². The maximum atomic E-state index is 7.76. The van der Waals surface area contributed by atoms with Crippen LogP contribution in [0.25, 0.3) is 10.4 Å². The zero-order valence-electron chi connectivity index (χ0n) is 3.63. The lowest BCUT2D eigenvalue weighted by Crippen LogP contribution is -1.68. The Hall–Kier alpha value is -0.220. The van der Waals surface area contributed by atoms with Crippen LogP contribution in [0.2, 0.25) is 0 Å². The fourth-order valence-corrected chi connectivity index (χ4v) is 0.243. The first-order valence-corrected chi connectivity index (χ1v) is 3.12. The molecule has 0 N–H and O–H groups in total. The summed E-state index contributed by atoms with van der Waals surface area (Å²) in [6.45, 7) is 3.44. The van der Waals surface area contributed by atoms with Crippen LogP contribution in [-0.4, -0.2) is 4.43 Å². The highest BCUT2D eigenvalue weighted by Crippen LogP contribution is 1.96. The van der Waals surface area contributed by atoms with E-state index in [0.717, 1.165) is 0 Å². The molecule has 0 saturated carbocycles. The topological polar surface area (TPSA) is 48.8 Å². The fourth-order valence-electron chi connectivity index (χ4n) is 0.0900. The lowest BCUT2D eigenvalue weighted by molar-refractivity contribution is 1.33. The minimum atomic E-state index is 0.572. The Morgan fingerprint density at radius 2 is 2.57 bits per heavy atom. The van der Waals surface area contributed by atoms with Crippen molar-refractivity contribution in [2.45, 2.75) is 0 Å². The van der Waals surface area contributed by atoms with Crippen LogP contribution < -0.4 is 0 Å². The predicted octanol–water partition coefficient (Wildman–Crippen LogP) is 2.25. The van der Waals surface area contributed by atoms with Crippen molar-refractivity contribution in [3.05, 3.63) is 22.7 Å². The van der Waals surface area contributed by atoms with Gasteiger partial charge in [-0.3, -0.25) is 0 Å². The Morgan fingerprint density at radius 1 is 2.00 bits per heavy atom. The lowest BCUT2D eigenvalue weighted by Gasteiger charge is -1.79. The lowest BCUT2D eigenvalue weighted by atomic mass is 10.6. The molecule has 0 heterocycles. The number of alkyl halides is 1. The van der Waals surface area contributed by atoms with Crippen LogP contribution in [0.3, 0.4) is 0 Å². The van der Waals surface area contributed by atoms with Gasteiger partial charge in [0.1, 0.15) is 0 Å². The summed E-state index contributed by atoms with van der Waals surface area (Å²) in [6.07, 6.45) is 0. The van der Waals surface area contributed by atoms with Gasteiger partial charge in [-0.15, -0.1) is 0 Å². The van der Waals surface area contributed by atoms with Crippen molar-refractivity contribution in [1.29, 1.82) is 0 Å². The molecule has 0 unspecified atom stereocenters. The first-order chi connectivity index (χ1) is 3.31. The van der Waals surface area contributed by atoms with Gasteiger partial charge in [0.2, 0.25) is 0 Å². The molecule has 0 spiro atoms. The van der Waals surface area contributed by atoms with E-state index >= 15 is 0 Å². The monoisotopic (exact) mass is 209 g/mol. The Balaban J connectivity index is 3.58. The second-order valence-electron chi connectivity index (χ2n) is 0.889. The van der Waals surface area contributed by atoms with E-state index in [0.29, 0.717) is 10.1 Å². The number of hydrogen-bond donors (Lipinski definition) is 0. The first-order valence-electron chi connectivity index (χ1n) is 1.60. The summed E-state index contributed by atoms with van der Waals surface area (Å²) in [5.41, 5.74) is 8.33. The zero-order chi connectivity index (χ0) is 5.70. The molecule has 3 nitrogen and oxygen atoms in total. The fraction of sp³-hybridized carbons (Fsp3) is 0.333. The zero-order valence-corrected chi connectivity index (χ0v) is 5.79. The summed E-state index contributed by atoms with van der Waals surface area (Å²) in [4.78, 5) is 2.53. The number of hydrogen-bond acceptors (Lipinski definition) is 1. The number of rotatable bonds is 2. The van der Waals surface area contributed by atoms with Crippen molar-refractivity contribution in [3.63, 3.8) is 0 Å². The van der Waals surface area contributed by atoms with Crippen LogP contribution >= 0.6 is 22.6 Å². The normalized spacial score (nSPS) is 7.00. The number of nitrogens with zero attached hydrogens (tertiary/aromatic N) is 3. The third-order valence-electron chi connectivity index (χ3n) is 0.340. The minimum absolute atomic E-state index is 0.572. The van der Waals surface area contributed by atoms with E-state index in [1.165, 1.54) is 0 Å². The number of halogens is 1. The van der Waals surface area contributed by atoms with Gasteiger partial charge in [0.25, 0.3) is 0 Å². The highest BCUT2D eigenvalue weighted by molar-refractivity contribution is 14.1. The Bertz CT molecular complexity index is 113. The Labute approximate surface area is 55.2 Å². The highest BCUT2D eigenvalue weighted by atomic mass is 127. The molecule has 7 heavy (non-hydrogen) atoms. The number of allylic oxidation sites excluding steroid dienone is 1.